The first-order chi connectivity index (χ1) is 7.95. The van der Waals surface area contributed by atoms with Gasteiger partial charge in [0.15, 0.2) is 0 Å². The van der Waals surface area contributed by atoms with E-state index in [0.717, 1.165) is 5.76 Å². The molecule has 1 aromatic rings. The molecule has 1 aromatic heterocycles. The van der Waals surface area contributed by atoms with Crippen molar-refractivity contribution in [1.82, 2.24) is 0 Å². The summed E-state index contributed by atoms with van der Waals surface area (Å²) in [6.07, 6.45) is 0. The van der Waals surface area contributed by atoms with Crippen molar-refractivity contribution in [3.05, 3.63) is 23.7 Å². The predicted octanol–water partition coefficient (Wildman–Crippen LogP) is 3.90. The Kier molecular flexibility index (Phi) is 5.12. The zero-order valence-electron chi connectivity index (χ0n) is 11.0. The molecule has 0 aliphatic heterocycles. The summed E-state index contributed by atoms with van der Waals surface area (Å²) in [6, 6.07) is 3.51. The summed E-state index contributed by atoms with van der Waals surface area (Å²) in [6.45, 7) is 8.69. The van der Waals surface area contributed by atoms with Gasteiger partial charge in [-0.1, -0.05) is 20.8 Å². The van der Waals surface area contributed by atoms with Gasteiger partial charge in [0.25, 0.3) is 0 Å². The van der Waals surface area contributed by atoms with Crippen molar-refractivity contribution in [2.45, 2.75) is 38.2 Å². The lowest BCUT2D eigenvalue weighted by Gasteiger charge is -2.18. The number of hydrogen-bond acceptors (Lipinski definition) is 4. The summed E-state index contributed by atoms with van der Waals surface area (Å²) in [5.41, 5.74) is 0. The van der Waals surface area contributed by atoms with Crippen LogP contribution in [0.2, 0.25) is 0 Å². The van der Waals surface area contributed by atoms with E-state index in [0.29, 0.717) is 11.2 Å². The van der Waals surface area contributed by atoms with Gasteiger partial charge in [0.05, 0.1) is 12.4 Å². The summed E-state index contributed by atoms with van der Waals surface area (Å²) in [5.74, 6) is 1.29. The molecular weight excluding hydrogens is 236 g/mol. The maximum atomic E-state index is 11.3. The Labute approximate surface area is 107 Å². The minimum Gasteiger partial charge on any atom is -0.463 e. The average Bonchev–Trinajstić information content (AvgIpc) is 2.77. The monoisotopic (exact) mass is 256 g/mol. The number of hydrogen-bond donors (Lipinski definition) is 0. The first-order valence-electron chi connectivity index (χ1n) is 5.79. The van der Waals surface area contributed by atoms with Gasteiger partial charge in [-0.25, -0.2) is 4.79 Å². The molecule has 0 saturated heterocycles. The van der Waals surface area contributed by atoms with Gasteiger partial charge in [-0.15, -0.1) is 11.8 Å². The highest BCUT2D eigenvalue weighted by Crippen LogP contribution is 2.35. The minimum absolute atomic E-state index is 0.241. The number of thioether (sulfide) groups is 1. The molecule has 3 nitrogen and oxygen atoms in total. The van der Waals surface area contributed by atoms with E-state index in [2.05, 4.69) is 32.4 Å². The molecule has 96 valence electrons. The van der Waals surface area contributed by atoms with Crippen molar-refractivity contribution in [2.24, 2.45) is 5.92 Å². The molecular formula is C13H20O3S. The van der Waals surface area contributed by atoms with Gasteiger partial charge in [0.1, 0.15) is 5.76 Å². The Hall–Kier alpha value is -0.900. The van der Waals surface area contributed by atoms with Crippen LogP contribution in [-0.4, -0.2) is 18.3 Å². The van der Waals surface area contributed by atoms with Crippen molar-refractivity contribution >= 4 is 17.7 Å². The highest BCUT2D eigenvalue weighted by atomic mass is 32.2. The van der Waals surface area contributed by atoms with Gasteiger partial charge >= 0.3 is 5.97 Å². The van der Waals surface area contributed by atoms with E-state index >= 15 is 0 Å². The van der Waals surface area contributed by atoms with Crippen LogP contribution in [0.1, 0.15) is 49.3 Å². The summed E-state index contributed by atoms with van der Waals surface area (Å²) in [4.78, 5) is 11.3. The Morgan fingerprint density at radius 2 is 1.94 bits per heavy atom. The molecule has 1 rings (SSSR count). The van der Waals surface area contributed by atoms with Crippen LogP contribution in [0.5, 0.6) is 0 Å². The fourth-order valence-corrected chi connectivity index (χ4v) is 2.55. The largest absolute Gasteiger partial charge is 0.463 e. The van der Waals surface area contributed by atoms with E-state index in [1.165, 1.54) is 7.11 Å². The number of methoxy groups -OCH3 is 1. The lowest BCUT2D eigenvalue weighted by molar-refractivity contribution is 0.0563. The molecule has 0 spiro atoms. The number of furan rings is 1. The van der Waals surface area contributed by atoms with Gasteiger partial charge in [-0.2, -0.15) is 0 Å². The van der Waals surface area contributed by atoms with E-state index in [9.17, 15) is 4.79 Å². The summed E-state index contributed by atoms with van der Waals surface area (Å²) in [5, 5.41) is 0.794. The second-order valence-electron chi connectivity index (χ2n) is 4.42. The number of carbonyl (C=O) groups excluding carboxylic acids is 1. The van der Waals surface area contributed by atoms with E-state index in [1.807, 2.05) is 17.8 Å². The van der Waals surface area contributed by atoms with Crippen molar-refractivity contribution in [3.63, 3.8) is 0 Å². The van der Waals surface area contributed by atoms with Crippen molar-refractivity contribution < 1.29 is 13.9 Å². The van der Waals surface area contributed by atoms with Gasteiger partial charge in [0, 0.05) is 5.25 Å². The third-order valence-electron chi connectivity index (χ3n) is 2.77. The second kappa shape index (κ2) is 6.15. The van der Waals surface area contributed by atoms with E-state index in [4.69, 9.17) is 4.42 Å². The Bertz CT molecular complexity index is 370. The summed E-state index contributed by atoms with van der Waals surface area (Å²) < 4.78 is 10.1. The van der Waals surface area contributed by atoms with Crippen LogP contribution < -0.4 is 0 Å². The van der Waals surface area contributed by atoms with Crippen LogP contribution in [0.4, 0.5) is 0 Å². The third kappa shape index (κ3) is 3.80. The molecule has 2 atom stereocenters. The molecule has 0 fully saturated rings. The lowest BCUT2D eigenvalue weighted by Crippen LogP contribution is -2.07. The van der Waals surface area contributed by atoms with Crippen molar-refractivity contribution in [3.8, 4) is 0 Å². The highest BCUT2D eigenvalue weighted by Gasteiger charge is 2.18. The summed E-state index contributed by atoms with van der Waals surface area (Å²) >= 11 is 1.85. The maximum Gasteiger partial charge on any atom is 0.373 e. The van der Waals surface area contributed by atoms with Crippen molar-refractivity contribution in [2.75, 3.05) is 7.11 Å². The van der Waals surface area contributed by atoms with Crippen molar-refractivity contribution in [1.29, 1.82) is 0 Å². The second-order valence-corrected chi connectivity index (χ2v) is 6.14. The molecule has 0 bridgehead atoms. The van der Waals surface area contributed by atoms with Crippen LogP contribution in [0, 0.1) is 5.92 Å². The van der Waals surface area contributed by atoms with Crippen LogP contribution in [0.3, 0.4) is 0 Å². The molecule has 0 radical (unpaired) electrons. The quantitative estimate of drug-likeness (QED) is 0.749. The van der Waals surface area contributed by atoms with E-state index in [1.54, 1.807) is 6.07 Å². The van der Waals surface area contributed by atoms with E-state index < -0.39 is 5.97 Å². The molecule has 0 N–H and O–H groups in total. The molecule has 0 aliphatic carbocycles. The van der Waals surface area contributed by atoms with Gasteiger partial charge < -0.3 is 9.15 Å². The fraction of sp³-hybridized carbons (Fsp3) is 0.615. The number of rotatable bonds is 5. The van der Waals surface area contributed by atoms with E-state index in [-0.39, 0.29) is 11.0 Å². The topological polar surface area (TPSA) is 39.4 Å². The number of carbonyl (C=O) groups is 1. The zero-order chi connectivity index (χ0) is 13.0. The predicted molar refractivity (Wildman–Crippen MR) is 70.4 cm³/mol. The van der Waals surface area contributed by atoms with Gasteiger partial charge in [0.2, 0.25) is 5.76 Å². The Morgan fingerprint density at radius 3 is 2.47 bits per heavy atom. The molecule has 1 heterocycles. The first kappa shape index (κ1) is 14.2. The molecule has 2 unspecified atom stereocenters. The normalized spacial score (nSPS) is 14.7. The maximum absolute atomic E-state index is 11.3. The number of ether oxygens (including phenoxy) is 1. The molecule has 0 aliphatic rings. The molecule has 17 heavy (non-hydrogen) atoms. The smallest absolute Gasteiger partial charge is 0.373 e. The lowest BCUT2D eigenvalue weighted by atomic mass is 10.2. The van der Waals surface area contributed by atoms with Gasteiger partial charge in [-0.3, -0.25) is 0 Å². The van der Waals surface area contributed by atoms with Crippen LogP contribution in [0.25, 0.3) is 0 Å². The van der Waals surface area contributed by atoms with Crippen LogP contribution in [0.15, 0.2) is 16.5 Å². The van der Waals surface area contributed by atoms with Crippen LogP contribution >= 0.6 is 11.8 Å². The zero-order valence-corrected chi connectivity index (χ0v) is 11.8. The van der Waals surface area contributed by atoms with Gasteiger partial charge in [-0.05, 0) is 25.0 Å². The Balaban J connectivity index is 2.66. The molecule has 0 amide bonds. The standard InChI is InChI=1S/C13H20O3S/c1-8(2)9(3)17-10(4)11-6-7-12(16-11)13(14)15-5/h6-10H,1-5H3. The minimum atomic E-state index is -0.426. The molecule has 0 saturated carbocycles. The Morgan fingerprint density at radius 1 is 1.29 bits per heavy atom. The average molecular weight is 256 g/mol. The fourth-order valence-electron chi connectivity index (χ4n) is 1.33. The third-order valence-corrected chi connectivity index (χ3v) is 4.39. The first-order valence-corrected chi connectivity index (χ1v) is 6.73. The molecule has 4 heteroatoms. The number of esters is 1. The molecule has 0 aromatic carbocycles. The SMILES string of the molecule is COC(=O)c1ccc(C(C)SC(C)C(C)C)o1. The summed E-state index contributed by atoms with van der Waals surface area (Å²) in [7, 11) is 1.35. The van der Waals surface area contributed by atoms with Crippen LogP contribution in [-0.2, 0) is 4.74 Å². The highest BCUT2D eigenvalue weighted by molar-refractivity contribution is 8.00.